The van der Waals surface area contributed by atoms with Crippen LogP contribution >= 0.6 is 23.2 Å². The predicted molar refractivity (Wildman–Crippen MR) is 163 cm³/mol. The molecule has 1 aliphatic rings. The van der Waals surface area contributed by atoms with Gasteiger partial charge in [-0.3, -0.25) is 4.79 Å². The number of sulfone groups is 1. The number of esters is 1. The highest BCUT2D eigenvalue weighted by Crippen LogP contribution is 2.45. The summed E-state index contributed by atoms with van der Waals surface area (Å²) < 4.78 is 36.2. The van der Waals surface area contributed by atoms with Gasteiger partial charge < -0.3 is 14.4 Å². The molecule has 0 unspecified atom stereocenters. The van der Waals surface area contributed by atoms with Crippen LogP contribution < -0.4 is 0 Å². The number of carbonyl (C=O) groups is 2. The number of hydrogen-bond donors (Lipinski definition) is 0. The van der Waals surface area contributed by atoms with Gasteiger partial charge >= 0.3 is 5.97 Å². The van der Waals surface area contributed by atoms with Gasteiger partial charge in [0.25, 0.3) is 5.91 Å². The van der Waals surface area contributed by atoms with Crippen LogP contribution in [0.15, 0.2) is 71.6 Å². The number of halogens is 2. The van der Waals surface area contributed by atoms with Crippen molar-refractivity contribution >= 4 is 44.9 Å². The van der Waals surface area contributed by atoms with Gasteiger partial charge in [0.1, 0.15) is 18.2 Å². The Balaban J connectivity index is 1.88. The molecule has 0 aliphatic carbocycles. The molecule has 1 fully saturated rings. The molecular formula is C32H32Cl2N2O6S. The fourth-order valence-corrected chi connectivity index (χ4v) is 6.20. The van der Waals surface area contributed by atoms with E-state index in [2.05, 4.69) is 0 Å². The maximum Gasteiger partial charge on any atom is 0.328 e. The van der Waals surface area contributed by atoms with E-state index in [0.717, 1.165) is 11.8 Å². The number of rotatable bonds is 10. The van der Waals surface area contributed by atoms with Crippen molar-refractivity contribution in [3.63, 3.8) is 0 Å². The van der Waals surface area contributed by atoms with Gasteiger partial charge in [0, 0.05) is 22.7 Å². The number of hydrogen-bond acceptors (Lipinski definition) is 7. The van der Waals surface area contributed by atoms with Crippen LogP contribution in [-0.2, 0) is 35.3 Å². The van der Waals surface area contributed by atoms with Crippen molar-refractivity contribution in [1.29, 1.82) is 5.26 Å². The van der Waals surface area contributed by atoms with Crippen molar-refractivity contribution in [1.82, 2.24) is 4.90 Å². The molecule has 11 heteroatoms. The smallest absolute Gasteiger partial charge is 0.328 e. The van der Waals surface area contributed by atoms with E-state index < -0.39 is 46.0 Å². The minimum absolute atomic E-state index is 0.00233. The summed E-state index contributed by atoms with van der Waals surface area (Å²) in [7, 11) is -3.56. The third kappa shape index (κ3) is 7.39. The molecule has 0 aromatic heterocycles. The van der Waals surface area contributed by atoms with E-state index in [-0.39, 0.29) is 23.5 Å². The largest absolute Gasteiger partial charge is 0.464 e. The molecule has 43 heavy (non-hydrogen) atoms. The van der Waals surface area contributed by atoms with Crippen molar-refractivity contribution in [3.8, 4) is 6.07 Å². The summed E-state index contributed by atoms with van der Waals surface area (Å²) in [5.41, 5.74) is 1.98. The van der Waals surface area contributed by atoms with E-state index in [1.54, 1.807) is 48.2 Å². The first kappa shape index (κ1) is 32.5. The Kier molecular flexibility index (Phi) is 10.5. The maximum atomic E-state index is 14.4. The second-order valence-electron chi connectivity index (χ2n) is 10.3. The molecule has 3 aromatic carbocycles. The highest BCUT2D eigenvalue weighted by Gasteiger charge is 2.48. The van der Waals surface area contributed by atoms with Gasteiger partial charge in [-0.05, 0) is 66.4 Å². The predicted octanol–water partition coefficient (Wildman–Crippen LogP) is 6.25. The average Bonchev–Trinajstić information content (AvgIpc) is 2.97. The van der Waals surface area contributed by atoms with Crippen LogP contribution in [0.1, 0.15) is 61.1 Å². The summed E-state index contributed by atoms with van der Waals surface area (Å²) in [6.45, 7) is 3.78. The van der Waals surface area contributed by atoms with Crippen LogP contribution in [0.3, 0.4) is 0 Å². The molecule has 0 saturated carbocycles. The fraction of sp³-hybridized carbons (Fsp3) is 0.344. The molecule has 4 rings (SSSR count). The molecule has 0 N–H and O–H groups in total. The minimum Gasteiger partial charge on any atom is -0.464 e. The van der Waals surface area contributed by atoms with E-state index in [1.807, 2.05) is 25.1 Å². The van der Waals surface area contributed by atoms with Crippen LogP contribution in [-0.4, -0.2) is 50.2 Å². The van der Waals surface area contributed by atoms with Crippen molar-refractivity contribution in [2.45, 2.75) is 62.3 Å². The molecule has 3 aromatic rings. The molecule has 1 aliphatic heterocycles. The molecule has 0 bridgehead atoms. The first-order chi connectivity index (χ1) is 20.5. The molecule has 1 amide bonds. The fourth-order valence-electron chi connectivity index (χ4n) is 5.30. The Morgan fingerprint density at radius 3 is 2.16 bits per heavy atom. The van der Waals surface area contributed by atoms with Gasteiger partial charge in [0.15, 0.2) is 9.84 Å². The number of carbonyl (C=O) groups excluding carboxylic acids is 2. The van der Waals surface area contributed by atoms with Gasteiger partial charge in [0.2, 0.25) is 0 Å². The standard InChI is InChI=1S/C32H32Cl2N2O6S/c1-4-6-27(32(38)41-5-2)36-29(20-7-12-24(33)13-8-20)30(21-9-14-25(34)15-10-21)42-28(31(36)37)18-22-11-16-26(43(3,39)40)17-23(22)19-35/h7-17,27-30H,4-6,18H2,1-3H3/t27-,28+,29-,30+/m1/s1. The van der Waals surface area contributed by atoms with Crippen molar-refractivity contribution in [3.05, 3.63) is 99.0 Å². The second-order valence-corrected chi connectivity index (χ2v) is 13.2. The molecule has 1 saturated heterocycles. The summed E-state index contributed by atoms with van der Waals surface area (Å²) in [6.07, 6.45) is 0.141. The number of amides is 1. The Morgan fingerprint density at radius 2 is 1.63 bits per heavy atom. The first-order valence-electron chi connectivity index (χ1n) is 13.9. The first-order valence-corrected chi connectivity index (χ1v) is 16.5. The van der Waals surface area contributed by atoms with E-state index >= 15 is 0 Å². The quantitative estimate of drug-likeness (QED) is 0.240. The molecule has 0 radical (unpaired) electrons. The van der Waals surface area contributed by atoms with Crippen molar-refractivity contribution in [2.75, 3.05) is 12.9 Å². The minimum atomic E-state index is -3.56. The molecule has 8 nitrogen and oxygen atoms in total. The lowest BCUT2D eigenvalue weighted by Gasteiger charge is -2.47. The van der Waals surface area contributed by atoms with Gasteiger partial charge in [-0.1, -0.05) is 66.9 Å². The van der Waals surface area contributed by atoms with Crippen LogP contribution in [0, 0.1) is 11.3 Å². The van der Waals surface area contributed by atoms with Gasteiger partial charge in [-0.2, -0.15) is 5.26 Å². The molecule has 1 heterocycles. The van der Waals surface area contributed by atoms with E-state index in [4.69, 9.17) is 32.7 Å². The zero-order valence-electron chi connectivity index (χ0n) is 24.0. The molecule has 4 atom stereocenters. The number of nitrogens with zero attached hydrogens (tertiary/aromatic N) is 2. The van der Waals surface area contributed by atoms with Gasteiger partial charge in [-0.15, -0.1) is 0 Å². The lowest BCUT2D eigenvalue weighted by atomic mass is 9.88. The lowest BCUT2D eigenvalue weighted by Crippen LogP contribution is -2.57. The van der Waals surface area contributed by atoms with Crippen LogP contribution in [0.25, 0.3) is 0 Å². The van der Waals surface area contributed by atoms with E-state index in [9.17, 15) is 23.3 Å². The normalized spacial score (nSPS) is 19.5. The van der Waals surface area contributed by atoms with Gasteiger partial charge in [0.05, 0.1) is 29.2 Å². The topological polar surface area (TPSA) is 114 Å². The SMILES string of the molecule is CCC[C@H](C(=O)OCC)N1C(=O)[C@H](Cc2ccc(S(C)(=O)=O)cc2C#N)O[C@@H](c2ccc(Cl)cc2)[C@H]1c1ccc(Cl)cc1. The molecule has 0 spiro atoms. The third-order valence-electron chi connectivity index (χ3n) is 7.33. The second kappa shape index (κ2) is 13.9. The summed E-state index contributed by atoms with van der Waals surface area (Å²) in [4.78, 5) is 29.4. The molecule has 226 valence electrons. The maximum absolute atomic E-state index is 14.4. The van der Waals surface area contributed by atoms with Crippen molar-refractivity contribution in [2.24, 2.45) is 0 Å². The van der Waals surface area contributed by atoms with E-state index in [1.165, 1.54) is 18.2 Å². The van der Waals surface area contributed by atoms with Gasteiger partial charge in [-0.25, -0.2) is 13.2 Å². The van der Waals surface area contributed by atoms with Crippen LogP contribution in [0.2, 0.25) is 10.0 Å². The zero-order chi connectivity index (χ0) is 31.3. The summed E-state index contributed by atoms with van der Waals surface area (Å²) in [5, 5.41) is 10.9. The summed E-state index contributed by atoms with van der Waals surface area (Å²) >= 11 is 12.4. The van der Waals surface area contributed by atoms with E-state index in [0.29, 0.717) is 34.0 Å². The van der Waals surface area contributed by atoms with Crippen LogP contribution in [0.4, 0.5) is 0 Å². The Morgan fingerprint density at radius 1 is 1.02 bits per heavy atom. The van der Waals surface area contributed by atoms with Crippen LogP contribution in [0.5, 0.6) is 0 Å². The Hall–Kier alpha value is -3.42. The summed E-state index contributed by atoms with van der Waals surface area (Å²) in [5.74, 6) is -0.977. The monoisotopic (exact) mass is 642 g/mol. The van der Waals surface area contributed by atoms with Crippen molar-refractivity contribution < 1.29 is 27.5 Å². The summed E-state index contributed by atoms with van der Waals surface area (Å²) in [6, 6.07) is 18.7. The molecular weight excluding hydrogens is 611 g/mol. The number of benzene rings is 3. The highest BCUT2D eigenvalue weighted by atomic mass is 35.5. The number of nitriles is 1. The average molecular weight is 644 g/mol. The third-order valence-corrected chi connectivity index (χ3v) is 8.94. The highest BCUT2D eigenvalue weighted by molar-refractivity contribution is 7.90. The Labute approximate surface area is 262 Å². The Bertz CT molecular complexity index is 1620. The zero-order valence-corrected chi connectivity index (χ0v) is 26.3. The number of ether oxygens (including phenoxy) is 2. The lowest BCUT2D eigenvalue weighted by molar-refractivity contribution is -0.186. The number of morpholine rings is 1.